The van der Waals surface area contributed by atoms with Gasteiger partial charge in [-0.15, -0.1) is 0 Å². The van der Waals surface area contributed by atoms with Gasteiger partial charge in [-0.2, -0.15) is 5.10 Å². The first-order valence-electron chi connectivity index (χ1n) is 10.3. The average molecular weight is 386 g/mol. The summed E-state index contributed by atoms with van der Waals surface area (Å²) in [5.41, 5.74) is 3.57. The summed E-state index contributed by atoms with van der Waals surface area (Å²) in [4.78, 5) is 4.75. The monoisotopic (exact) mass is 385 g/mol. The molecule has 1 aromatic heterocycles. The Morgan fingerprint density at radius 2 is 2.11 bits per heavy atom. The van der Waals surface area contributed by atoms with Gasteiger partial charge in [0.1, 0.15) is 5.75 Å². The Hall–Kier alpha value is -2.50. The van der Waals surface area contributed by atoms with Crippen LogP contribution in [-0.4, -0.2) is 34.9 Å². The Morgan fingerprint density at radius 3 is 2.79 bits per heavy atom. The molecule has 28 heavy (non-hydrogen) atoms. The highest BCUT2D eigenvalue weighted by atomic mass is 16.5. The zero-order valence-corrected chi connectivity index (χ0v) is 18.0. The van der Waals surface area contributed by atoms with Gasteiger partial charge in [-0.25, -0.2) is 4.99 Å². The summed E-state index contributed by atoms with van der Waals surface area (Å²) in [7, 11) is 1.95. The lowest BCUT2D eigenvalue weighted by molar-refractivity contribution is 0.215. The summed E-state index contributed by atoms with van der Waals surface area (Å²) >= 11 is 0. The molecule has 6 nitrogen and oxygen atoms in total. The van der Waals surface area contributed by atoms with Crippen LogP contribution < -0.4 is 15.4 Å². The van der Waals surface area contributed by atoms with Crippen LogP contribution in [0.3, 0.4) is 0 Å². The summed E-state index contributed by atoms with van der Waals surface area (Å²) in [6, 6.07) is 6.33. The Kier molecular flexibility index (Phi) is 8.85. The zero-order valence-electron chi connectivity index (χ0n) is 18.0. The third-order valence-corrected chi connectivity index (χ3v) is 4.57. The lowest BCUT2D eigenvalue weighted by atomic mass is 10.1. The van der Waals surface area contributed by atoms with Gasteiger partial charge in [0.15, 0.2) is 5.96 Å². The first kappa shape index (κ1) is 21.8. The van der Waals surface area contributed by atoms with Gasteiger partial charge in [0.25, 0.3) is 0 Å². The van der Waals surface area contributed by atoms with E-state index in [1.807, 2.05) is 17.9 Å². The highest BCUT2D eigenvalue weighted by Gasteiger charge is 2.08. The van der Waals surface area contributed by atoms with Crippen molar-refractivity contribution in [3.05, 3.63) is 47.3 Å². The number of ether oxygens (including phenoxy) is 1. The second-order valence-electron chi connectivity index (χ2n) is 7.20. The zero-order chi connectivity index (χ0) is 20.4. The summed E-state index contributed by atoms with van der Waals surface area (Å²) in [6.45, 7) is 10.7. The lowest BCUT2D eigenvalue weighted by Crippen LogP contribution is -2.37. The summed E-state index contributed by atoms with van der Waals surface area (Å²) in [5, 5.41) is 11.0. The van der Waals surface area contributed by atoms with Gasteiger partial charge in [-0.05, 0) is 57.2 Å². The van der Waals surface area contributed by atoms with Crippen LogP contribution >= 0.6 is 0 Å². The minimum absolute atomic E-state index is 0.198. The van der Waals surface area contributed by atoms with Gasteiger partial charge in [0.2, 0.25) is 0 Å². The van der Waals surface area contributed by atoms with Crippen LogP contribution in [0.2, 0.25) is 0 Å². The number of benzene rings is 1. The number of hydrogen-bond donors (Lipinski definition) is 2. The summed E-state index contributed by atoms with van der Waals surface area (Å²) < 4.78 is 7.94. The molecule has 1 heterocycles. The molecule has 6 heteroatoms. The normalized spacial score (nSPS) is 12.7. The molecule has 0 saturated heterocycles. The molecule has 154 valence electrons. The van der Waals surface area contributed by atoms with E-state index in [1.54, 1.807) is 0 Å². The molecule has 2 N–H and O–H groups in total. The Labute approximate surface area is 169 Å². The predicted octanol–water partition coefficient (Wildman–Crippen LogP) is 3.59. The van der Waals surface area contributed by atoms with E-state index in [9.17, 15) is 0 Å². The second kappa shape index (κ2) is 11.4. The van der Waals surface area contributed by atoms with Crippen molar-refractivity contribution in [3.8, 4) is 5.75 Å². The van der Waals surface area contributed by atoms with E-state index in [0.29, 0.717) is 6.54 Å². The number of hydrogen-bond acceptors (Lipinski definition) is 3. The third-order valence-electron chi connectivity index (χ3n) is 4.57. The van der Waals surface area contributed by atoms with Crippen molar-refractivity contribution in [2.24, 2.45) is 12.0 Å². The van der Waals surface area contributed by atoms with Crippen LogP contribution in [0, 0.1) is 6.92 Å². The number of nitrogens with zero attached hydrogens (tertiary/aromatic N) is 3. The molecule has 0 spiro atoms. The maximum absolute atomic E-state index is 6.10. The van der Waals surface area contributed by atoms with Crippen molar-refractivity contribution < 1.29 is 4.74 Å². The first-order chi connectivity index (χ1) is 13.5. The van der Waals surface area contributed by atoms with Gasteiger partial charge in [0.05, 0.1) is 18.8 Å². The molecule has 0 aliphatic carbocycles. The van der Waals surface area contributed by atoms with Crippen LogP contribution in [0.25, 0.3) is 0 Å². The molecule has 2 aromatic rings. The van der Waals surface area contributed by atoms with Crippen LogP contribution in [0.4, 0.5) is 0 Å². The Morgan fingerprint density at radius 1 is 1.29 bits per heavy atom. The summed E-state index contributed by atoms with van der Waals surface area (Å²) in [5.74, 6) is 1.77. The Bertz CT molecular complexity index is 753. The number of guanidine groups is 1. The van der Waals surface area contributed by atoms with E-state index in [4.69, 9.17) is 9.73 Å². The quantitative estimate of drug-likeness (QED) is 0.373. The average Bonchev–Trinajstić information content (AvgIpc) is 3.09. The van der Waals surface area contributed by atoms with Gasteiger partial charge in [-0.3, -0.25) is 4.68 Å². The fourth-order valence-corrected chi connectivity index (χ4v) is 2.81. The van der Waals surface area contributed by atoms with E-state index in [-0.39, 0.29) is 6.10 Å². The highest BCUT2D eigenvalue weighted by Crippen LogP contribution is 2.23. The molecule has 0 aliphatic heterocycles. The van der Waals surface area contributed by atoms with E-state index in [0.717, 1.165) is 49.6 Å². The predicted molar refractivity (Wildman–Crippen MR) is 116 cm³/mol. The fraction of sp³-hybridized carbons (Fsp3) is 0.545. The molecule has 2 rings (SSSR count). The highest BCUT2D eigenvalue weighted by molar-refractivity contribution is 5.79. The number of rotatable bonds is 10. The number of nitrogens with one attached hydrogen (secondary N) is 2. The molecule has 0 amide bonds. The van der Waals surface area contributed by atoms with Crippen LogP contribution in [0.1, 0.15) is 50.3 Å². The smallest absolute Gasteiger partial charge is 0.191 e. The lowest BCUT2D eigenvalue weighted by Gasteiger charge is -2.17. The fourth-order valence-electron chi connectivity index (χ4n) is 2.81. The van der Waals surface area contributed by atoms with Crippen LogP contribution in [0.15, 0.2) is 35.6 Å². The second-order valence-corrected chi connectivity index (χ2v) is 7.20. The van der Waals surface area contributed by atoms with E-state index in [1.165, 1.54) is 11.1 Å². The molecule has 1 unspecified atom stereocenters. The standard InChI is InChI=1S/C22H35N5O/c1-6-18(4)28-21-13-17(3)10-11-20(21)15-25-22(23-7-2)24-12-8-9-19-14-26-27(5)16-19/h10-11,13-14,16,18H,6-9,12,15H2,1-5H3,(H2,23,24,25). The molecular weight excluding hydrogens is 350 g/mol. The maximum Gasteiger partial charge on any atom is 0.191 e. The van der Waals surface area contributed by atoms with E-state index < -0.39 is 0 Å². The number of aryl methyl sites for hydroxylation is 3. The minimum atomic E-state index is 0.198. The van der Waals surface area contributed by atoms with Crippen molar-refractivity contribution in [2.75, 3.05) is 13.1 Å². The van der Waals surface area contributed by atoms with Crippen molar-refractivity contribution >= 4 is 5.96 Å². The topological polar surface area (TPSA) is 63.5 Å². The van der Waals surface area contributed by atoms with Crippen molar-refractivity contribution in [1.29, 1.82) is 0 Å². The third kappa shape index (κ3) is 7.25. The summed E-state index contributed by atoms with van der Waals surface area (Å²) in [6.07, 6.45) is 7.21. The number of aromatic nitrogens is 2. The van der Waals surface area contributed by atoms with Crippen molar-refractivity contribution in [2.45, 2.75) is 59.6 Å². The maximum atomic E-state index is 6.10. The van der Waals surface area contributed by atoms with E-state index in [2.05, 4.69) is 67.8 Å². The molecule has 1 atom stereocenters. The molecule has 0 radical (unpaired) electrons. The van der Waals surface area contributed by atoms with Crippen LogP contribution in [0.5, 0.6) is 5.75 Å². The molecule has 0 bridgehead atoms. The molecular formula is C22H35N5O. The van der Waals surface area contributed by atoms with Gasteiger partial charge >= 0.3 is 0 Å². The van der Waals surface area contributed by atoms with Crippen molar-refractivity contribution in [3.63, 3.8) is 0 Å². The van der Waals surface area contributed by atoms with Crippen molar-refractivity contribution in [1.82, 2.24) is 20.4 Å². The SMILES string of the molecule is CCNC(=NCc1ccc(C)cc1OC(C)CC)NCCCc1cnn(C)c1. The van der Waals surface area contributed by atoms with Crippen LogP contribution in [-0.2, 0) is 20.0 Å². The molecule has 0 aliphatic rings. The van der Waals surface area contributed by atoms with Gasteiger partial charge in [-0.1, -0.05) is 19.1 Å². The minimum Gasteiger partial charge on any atom is -0.490 e. The van der Waals surface area contributed by atoms with Gasteiger partial charge < -0.3 is 15.4 Å². The van der Waals surface area contributed by atoms with Gasteiger partial charge in [0, 0.05) is 31.9 Å². The largest absolute Gasteiger partial charge is 0.490 e. The molecule has 1 aromatic carbocycles. The first-order valence-corrected chi connectivity index (χ1v) is 10.3. The Balaban J connectivity index is 1.93. The van der Waals surface area contributed by atoms with E-state index >= 15 is 0 Å². The molecule has 0 saturated carbocycles. The number of aliphatic imine (C=N–C) groups is 1. The molecule has 0 fully saturated rings.